The molecule has 2 aromatic carbocycles. The molecule has 0 saturated carbocycles. The van der Waals surface area contributed by atoms with E-state index in [2.05, 4.69) is 44.3 Å². The largest absolute Gasteiger partial charge is 0.325 e. The maximum absolute atomic E-state index is 12.9. The fourth-order valence-corrected chi connectivity index (χ4v) is 3.40. The van der Waals surface area contributed by atoms with Gasteiger partial charge in [0, 0.05) is 5.69 Å². The highest BCUT2D eigenvalue weighted by atomic mass is 16.2. The topological polar surface area (TPSA) is 29.1 Å². The fourth-order valence-electron chi connectivity index (χ4n) is 3.40. The molecule has 1 amide bonds. The minimum Gasteiger partial charge on any atom is -0.325 e. The van der Waals surface area contributed by atoms with Gasteiger partial charge in [0.05, 0.1) is 0 Å². The third-order valence-corrected chi connectivity index (χ3v) is 4.08. The van der Waals surface area contributed by atoms with Crippen LogP contribution in [0.15, 0.2) is 54.6 Å². The Balaban J connectivity index is 2.25. The molecular formula is C19H21NO. The first-order valence-electron chi connectivity index (χ1n) is 7.40. The number of fused-ring (bicyclic) bond motifs is 1. The molecule has 0 fully saturated rings. The zero-order valence-electron chi connectivity index (χ0n) is 12.8. The van der Waals surface area contributed by atoms with Crippen LogP contribution in [0.2, 0.25) is 0 Å². The van der Waals surface area contributed by atoms with Crippen molar-refractivity contribution in [2.45, 2.75) is 32.6 Å². The molecule has 1 N–H and O–H groups in total. The van der Waals surface area contributed by atoms with Gasteiger partial charge in [0.2, 0.25) is 5.91 Å². The Hall–Kier alpha value is -2.09. The SMILES string of the molecule is CC(C)(C)C[C@]1(c2ccccc2)C(=O)Nc2ccccc21. The van der Waals surface area contributed by atoms with E-state index in [1.54, 1.807) is 0 Å². The van der Waals surface area contributed by atoms with Gasteiger partial charge in [-0.2, -0.15) is 0 Å². The Kier molecular flexibility index (Phi) is 3.12. The number of carbonyl (C=O) groups is 1. The first-order chi connectivity index (χ1) is 9.93. The lowest BCUT2D eigenvalue weighted by Crippen LogP contribution is -2.39. The predicted octanol–water partition coefficient (Wildman–Crippen LogP) is 4.36. The second-order valence-corrected chi connectivity index (χ2v) is 7.01. The van der Waals surface area contributed by atoms with Crippen molar-refractivity contribution in [1.82, 2.24) is 0 Å². The molecule has 1 heterocycles. The van der Waals surface area contributed by atoms with Crippen molar-refractivity contribution in [1.29, 1.82) is 0 Å². The Bertz CT molecular complexity index is 669. The average Bonchev–Trinajstić information content (AvgIpc) is 2.72. The lowest BCUT2D eigenvalue weighted by Gasteiger charge is -2.34. The van der Waals surface area contributed by atoms with E-state index in [1.807, 2.05) is 36.4 Å². The smallest absolute Gasteiger partial charge is 0.239 e. The van der Waals surface area contributed by atoms with Crippen molar-refractivity contribution >= 4 is 11.6 Å². The molecule has 21 heavy (non-hydrogen) atoms. The average molecular weight is 279 g/mol. The normalized spacial score (nSPS) is 21.0. The number of hydrogen-bond acceptors (Lipinski definition) is 1. The molecule has 1 atom stereocenters. The number of benzene rings is 2. The second kappa shape index (κ2) is 4.73. The van der Waals surface area contributed by atoms with Crippen LogP contribution in [-0.4, -0.2) is 5.91 Å². The van der Waals surface area contributed by atoms with Crippen LogP contribution in [0.1, 0.15) is 38.3 Å². The van der Waals surface area contributed by atoms with E-state index in [0.717, 1.165) is 23.2 Å². The number of nitrogens with one attached hydrogen (secondary N) is 1. The molecule has 0 aromatic heterocycles. The molecule has 0 radical (unpaired) electrons. The van der Waals surface area contributed by atoms with Gasteiger partial charge in [0.25, 0.3) is 0 Å². The highest BCUT2D eigenvalue weighted by Crippen LogP contribution is 2.48. The Morgan fingerprint density at radius 3 is 2.24 bits per heavy atom. The molecule has 2 nitrogen and oxygen atoms in total. The van der Waals surface area contributed by atoms with Crippen molar-refractivity contribution in [3.63, 3.8) is 0 Å². The summed E-state index contributed by atoms with van der Waals surface area (Å²) in [5.41, 5.74) is 2.56. The van der Waals surface area contributed by atoms with Crippen molar-refractivity contribution in [3.05, 3.63) is 65.7 Å². The molecule has 3 rings (SSSR count). The Labute approximate surface area is 126 Å². The molecule has 2 heteroatoms. The third-order valence-electron chi connectivity index (χ3n) is 4.08. The first kappa shape index (κ1) is 13.9. The summed E-state index contributed by atoms with van der Waals surface area (Å²) >= 11 is 0. The maximum atomic E-state index is 12.9. The van der Waals surface area contributed by atoms with E-state index >= 15 is 0 Å². The zero-order chi connectivity index (χ0) is 15.1. The van der Waals surface area contributed by atoms with Gasteiger partial charge in [-0.3, -0.25) is 4.79 Å². The van der Waals surface area contributed by atoms with Crippen LogP contribution in [0.25, 0.3) is 0 Å². The zero-order valence-corrected chi connectivity index (χ0v) is 12.8. The van der Waals surface area contributed by atoms with E-state index < -0.39 is 5.41 Å². The number of carbonyl (C=O) groups excluding carboxylic acids is 1. The van der Waals surface area contributed by atoms with E-state index in [0.29, 0.717) is 0 Å². The van der Waals surface area contributed by atoms with Gasteiger partial charge in [-0.05, 0) is 29.0 Å². The van der Waals surface area contributed by atoms with Gasteiger partial charge in [0.1, 0.15) is 5.41 Å². The van der Waals surface area contributed by atoms with Gasteiger partial charge in [-0.1, -0.05) is 69.3 Å². The summed E-state index contributed by atoms with van der Waals surface area (Å²) in [5.74, 6) is 0.0878. The van der Waals surface area contributed by atoms with Crippen LogP contribution in [-0.2, 0) is 10.2 Å². The number of hydrogen-bond donors (Lipinski definition) is 1. The predicted molar refractivity (Wildman–Crippen MR) is 86.4 cm³/mol. The summed E-state index contributed by atoms with van der Waals surface area (Å²) in [5, 5.41) is 3.07. The van der Waals surface area contributed by atoms with Gasteiger partial charge in [0.15, 0.2) is 0 Å². The van der Waals surface area contributed by atoms with Crippen molar-refractivity contribution < 1.29 is 4.79 Å². The van der Waals surface area contributed by atoms with Crippen LogP contribution in [0.4, 0.5) is 5.69 Å². The highest BCUT2D eigenvalue weighted by Gasteiger charge is 2.49. The van der Waals surface area contributed by atoms with Gasteiger partial charge >= 0.3 is 0 Å². The number of amides is 1. The molecular weight excluding hydrogens is 258 g/mol. The number of para-hydroxylation sites is 1. The molecule has 0 aliphatic carbocycles. The summed E-state index contributed by atoms with van der Waals surface area (Å²) in [7, 11) is 0. The summed E-state index contributed by atoms with van der Waals surface area (Å²) in [6, 6.07) is 18.2. The second-order valence-electron chi connectivity index (χ2n) is 7.01. The molecule has 2 aromatic rings. The van der Waals surface area contributed by atoms with E-state index in [1.165, 1.54) is 0 Å². The van der Waals surface area contributed by atoms with Crippen molar-refractivity contribution in [3.8, 4) is 0 Å². The molecule has 108 valence electrons. The Morgan fingerprint density at radius 2 is 1.57 bits per heavy atom. The van der Waals surface area contributed by atoms with Crippen LogP contribution in [0.3, 0.4) is 0 Å². The van der Waals surface area contributed by atoms with Crippen LogP contribution in [0.5, 0.6) is 0 Å². The number of anilines is 1. The molecule has 1 aliphatic rings. The van der Waals surface area contributed by atoms with Gasteiger partial charge < -0.3 is 5.32 Å². The van der Waals surface area contributed by atoms with Crippen LogP contribution >= 0.6 is 0 Å². The van der Waals surface area contributed by atoms with E-state index in [9.17, 15) is 4.79 Å². The van der Waals surface area contributed by atoms with Crippen LogP contribution in [0, 0.1) is 5.41 Å². The minimum absolute atomic E-state index is 0.0463. The summed E-state index contributed by atoms with van der Waals surface area (Å²) < 4.78 is 0. The molecule has 0 saturated heterocycles. The minimum atomic E-state index is -0.587. The standard InChI is InChI=1S/C19H21NO/c1-18(2,3)13-19(14-9-5-4-6-10-14)15-11-7-8-12-16(15)20-17(19)21/h4-12H,13H2,1-3H3,(H,20,21)/t19-/m1/s1. The molecule has 0 bridgehead atoms. The van der Waals surface area contributed by atoms with Gasteiger partial charge in [-0.25, -0.2) is 0 Å². The Morgan fingerprint density at radius 1 is 0.952 bits per heavy atom. The van der Waals surface area contributed by atoms with Crippen molar-refractivity contribution in [2.24, 2.45) is 5.41 Å². The lowest BCUT2D eigenvalue weighted by atomic mass is 9.66. The van der Waals surface area contributed by atoms with E-state index in [-0.39, 0.29) is 11.3 Å². The molecule has 0 spiro atoms. The maximum Gasteiger partial charge on any atom is 0.239 e. The highest BCUT2D eigenvalue weighted by molar-refractivity contribution is 6.08. The molecule has 1 aliphatic heterocycles. The van der Waals surface area contributed by atoms with Crippen molar-refractivity contribution in [2.75, 3.05) is 5.32 Å². The van der Waals surface area contributed by atoms with Gasteiger partial charge in [-0.15, -0.1) is 0 Å². The fraction of sp³-hybridized carbons (Fsp3) is 0.316. The first-order valence-corrected chi connectivity index (χ1v) is 7.40. The van der Waals surface area contributed by atoms with E-state index in [4.69, 9.17) is 0 Å². The van der Waals surface area contributed by atoms with Crippen LogP contribution < -0.4 is 5.32 Å². The monoisotopic (exact) mass is 279 g/mol. The summed E-state index contributed by atoms with van der Waals surface area (Å²) in [4.78, 5) is 12.9. The summed E-state index contributed by atoms with van der Waals surface area (Å²) in [6.07, 6.45) is 0.785. The quantitative estimate of drug-likeness (QED) is 0.869. The molecule has 0 unspecified atom stereocenters. The number of rotatable bonds is 2. The third kappa shape index (κ3) is 2.25. The summed E-state index contributed by atoms with van der Waals surface area (Å²) in [6.45, 7) is 6.56. The lowest BCUT2D eigenvalue weighted by molar-refractivity contribution is -0.120.